The van der Waals surface area contributed by atoms with Crippen molar-refractivity contribution in [2.45, 2.75) is 45.6 Å². The molecule has 4 nitrogen and oxygen atoms in total. The topological polar surface area (TPSA) is 46.6 Å². The molecule has 1 heterocycles. The zero-order valence-electron chi connectivity index (χ0n) is 10.9. The van der Waals surface area contributed by atoms with Crippen molar-refractivity contribution in [2.24, 2.45) is 11.8 Å². The zero-order valence-corrected chi connectivity index (χ0v) is 10.9. The number of rotatable bonds is 0. The van der Waals surface area contributed by atoms with Crippen LogP contribution in [0.4, 0.5) is 4.79 Å². The number of hydrogen-bond acceptors (Lipinski definition) is 3. The Hall–Kier alpha value is -1.06. The van der Waals surface area contributed by atoms with Crippen LogP contribution >= 0.6 is 0 Å². The van der Waals surface area contributed by atoms with Crippen LogP contribution in [-0.2, 0) is 9.53 Å². The fraction of sp³-hybridized carbons (Fsp3) is 0.846. The van der Waals surface area contributed by atoms with Crippen molar-refractivity contribution in [3.8, 4) is 0 Å². The van der Waals surface area contributed by atoms with Gasteiger partial charge in [-0.2, -0.15) is 0 Å². The molecule has 0 spiro atoms. The zero-order chi connectivity index (χ0) is 12.6. The smallest absolute Gasteiger partial charge is 0.410 e. The molecule has 1 amide bonds. The largest absolute Gasteiger partial charge is 0.444 e. The third kappa shape index (κ3) is 2.79. The highest BCUT2D eigenvalue weighted by atomic mass is 16.6. The lowest BCUT2D eigenvalue weighted by Crippen LogP contribution is -2.46. The first-order chi connectivity index (χ1) is 7.87. The number of likely N-dealkylation sites (tertiary alicyclic amines) is 1. The van der Waals surface area contributed by atoms with Crippen molar-refractivity contribution in [3.63, 3.8) is 0 Å². The lowest BCUT2D eigenvalue weighted by molar-refractivity contribution is -0.122. The van der Waals surface area contributed by atoms with E-state index < -0.39 is 5.60 Å². The summed E-state index contributed by atoms with van der Waals surface area (Å²) in [5.74, 6) is 0.890. The van der Waals surface area contributed by atoms with Crippen molar-refractivity contribution < 1.29 is 14.3 Å². The van der Waals surface area contributed by atoms with E-state index in [1.807, 2.05) is 20.8 Å². The Balaban J connectivity index is 1.95. The number of fused-ring (bicyclic) bond motifs is 1. The minimum Gasteiger partial charge on any atom is -0.444 e. The minimum absolute atomic E-state index is 0.0660. The SMILES string of the molecule is CC(C)(C)OC(=O)N1CCC2CCC(=O)C2C1. The van der Waals surface area contributed by atoms with Crippen molar-refractivity contribution in [1.82, 2.24) is 4.90 Å². The van der Waals surface area contributed by atoms with Crippen LogP contribution in [0.25, 0.3) is 0 Å². The standard InChI is InChI=1S/C13H21NO3/c1-13(2,3)17-12(16)14-7-6-9-4-5-11(15)10(9)8-14/h9-10H,4-8H2,1-3H3. The van der Waals surface area contributed by atoms with E-state index >= 15 is 0 Å². The number of hydrogen-bond donors (Lipinski definition) is 0. The molecule has 17 heavy (non-hydrogen) atoms. The second-order valence-electron chi connectivity index (χ2n) is 6.09. The minimum atomic E-state index is -0.465. The number of ether oxygens (including phenoxy) is 1. The van der Waals surface area contributed by atoms with E-state index in [9.17, 15) is 9.59 Å². The summed E-state index contributed by atoms with van der Waals surface area (Å²) in [6.45, 7) is 6.86. The van der Waals surface area contributed by atoms with E-state index in [0.29, 0.717) is 24.7 Å². The molecule has 2 aliphatic rings. The third-order valence-corrected chi connectivity index (χ3v) is 3.58. The van der Waals surface area contributed by atoms with Gasteiger partial charge in [0.2, 0.25) is 0 Å². The highest BCUT2D eigenvalue weighted by molar-refractivity contribution is 5.84. The van der Waals surface area contributed by atoms with Gasteiger partial charge in [-0.25, -0.2) is 4.79 Å². The monoisotopic (exact) mass is 239 g/mol. The summed E-state index contributed by atoms with van der Waals surface area (Å²) in [5.41, 5.74) is -0.465. The first-order valence-corrected chi connectivity index (χ1v) is 6.37. The summed E-state index contributed by atoms with van der Waals surface area (Å²) in [6, 6.07) is 0. The van der Waals surface area contributed by atoms with Gasteiger partial charge in [-0.15, -0.1) is 0 Å². The van der Waals surface area contributed by atoms with E-state index in [1.165, 1.54) is 0 Å². The molecule has 0 aromatic carbocycles. The Bertz CT molecular complexity index is 332. The Labute approximate surface area is 102 Å². The molecule has 2 atom stereocenters. The Kier molecular flexibility index (Phi) is 3.15. The molecule has 0 N–H and O–H groups in total. The molecule has 4 heteroatoms. The van der Waals surface area contributed by atoms with E-state index in [1.54, 1.807) is 4.90 Å². The van der Waals surface area contributed by atoms with Crippen molar-refractivity contribution in [3.05, 3.63) is 0 Å². The fourth-order valence-corrected chi connectivity index (χ4v) is 2.72. The molecule has 1 aliphatic heterocycles. The summed E-state index contributed by atoms with van der Waals surface area (Å²) in [6.07, 6.45) is 2.36. The molecule has 96 valence electrons. The molecular formula is C13H21NO3. The number of amides is 1. The molecule has 1 saturated carbocycles. The highest BCUT2D eigenvalue weighted by Crippen LogP contribution is 2.35. The van der Waals surface area contributed by atoms with E-state index in [-0.39, 0.29) is 12.0 Å². The number of carbonyl (C=O) groups excluding carboxylic acids is 2. The average molecular weight is 239 g/mol. The van der Waals surface area contributed by atoms with Gasteiger partial charge in [-0.3, -0.25) is 4.79 Å². The van der Waals surface area contributed by atoms with Crippen LogP contribution in [0.1, 0.15) is 40.0 Å². The van der Waals surface area contributed by atoms with Crippen LogP contribution in [0, 0.1) is 11.8 Å². The van der Waals surface area contributed by atoms with Gasteiger partial charge < -0.3 is 9.64 Å². The third-order valence-electron chi connectivity index (χ3n) is 3.58. The van der Waals surface area contributed by atoms with Gasteiger partial charge in [-0.05, 0) is 39.5 Å². The second-order valence-corrected chi connectivity index (χ2v) is 6.09. The molecule has 0 aromatic rings. The predicted octanol–water partition coefficient (Wildman–Crippen LogP) is 2.22. The predicted molar refractivity (Wildman–Crippen MR) is 63.6 cm³/mol. The van der Waals surface area contributed by atoms with Gasteiger partial charge in [0.25, 0.3) is 0 Å². The molecule has 1 saturated heterocycles. The maximum atomic E-state index is 11.9. The number of ketones is 1. The van der Waals surface area contributed by atoms with Crippen molar-refractivity contribution in [2.75, 3.05) is 13.1 Å². The Morgan fingerprint density at radius 1 is 1.35 bits per heavy atom. The van der Waals surface area contributed by atoms with Crippen LogP contribution in [0.5, 0.6) is 0 Å². The van der Waals surface area contributed by atoms with Gasteiger partial charge in [-0.1, -0.05) is 0 Å². The van der Waals surface area contributed by atoms with E-state index in [2.05, 4.69) is 0 Å². The van der Waals surface area contributed by atoms with Gasteiger partial charge in [0.15, 0.2) is 0 Å². The lowest BCUT2D eigenvalue weighted by atomic mass is 9.88. The van der Waals surface area contributed by atoms with Crippen molar-refractivity contribution in [1.29, 1.82) is 0 Å². The number of carbonyl (C=O) groups is 2. The maximum absolute atomic E-state index is 11.9. The molecule has 2 fully saturated rings. The van der Waals surface area contributed by atoms with E-state index in [4.69, 9.17) is 4.74 Å². The van der Waals surface area contributed by atoms with Gasteiger partial charge >= 0.3 is 6.09 Å². The Morgan fingerprint density at radius 2 is 2.06 bits per heavy atom. The van der Waals surface area contributed by atoms with E-state index in [0.717, 1.165) is 19.4 Å². The van der Waals surface area contributed by atoms with Crippen LogP contribution in [0.2, 0.25) is 0 Å². The van der Waals surface area contributed by atoms with Gasteiger partial charge in [0.05, 0.1) is 0 Å². The fourth-order valence-electron chi connectivity index (χ4n) is 2.72. The molecule has 1 aliphatic carbocycles. The summed E-state index contributed by atoms with van der Waals surface area (Å²) in [4.78, 5) is 25.3. The van der Waals surface area contributed by atoms with Crippen LogP contribution in [-0.4, -0.2) is 35.5 Å². The van der Waals surface area contributed by atoms with Crippen LogP contribution < -0.4 is 0 Å². The molecule has 0 aromatic heterocycles. The normalized spacial score (nSPS) is 29.1. The number of piperidine rings is 1. The summed E-state index contributed by atoms with van der Waals surface area (Å²) in [5, 5.41) is 0. The highest BCUT2D eigenvalue weighted by Gasteiger charge is 2.40. The number of nitrogens with zero attached hydrogens (tertiary/aromatic N) is 1. The van der Waals surface area contributed by atoms with Crippen molar-refractivity contribution >= 4 is 11.9 Å². The summed E-state index contributed by atoms with van der Waals surface area (Å²) >= 11 is 0. The quantitative estimate of drug-likeness (QED) is 0.651. The summed E-state index contributed by atoms with van der Waals surface area (Å²) < 4.78 is 5.34. The first kappa shape index (κ1) is 12.4. The molecule has 2 unspecified atom stereocenters. The van der Waals surface area contributed by atoms with Crippen LogP contribution in [0.3, 0.4) is 0 Å². The van der Waals surface area contributed by atoms with Gasteiger partial charge in [0, 0.05) is 25.4 Å². The first-order valence-electron chi connectivity index (χ1n) is 6.37. The molecule has 0 bridgehead atoms. The molecule has 0 radical (unpaired) electrons. The maximum Gasteiger partial charge on any atom is 0.410 e. The summed E-state index contributed by atoms with van der Waals surface area (Å²) in [7, 11) is 0. The number of Topliss-reactive ketones (excluding diaryl/α,β-unsaturated/α-hetero) is 1. The van der Waals surface area contributed by atoms with Gasteiger partial charge in [0.1, 0.15) is 11.4 Å². The van der Waals surface area contributed by atoms with Crippen LogP contribution in [0.15, 0.2) is 0 Å². The lowest BCUT2D eigenvalue weighted by Gasteiger charge is -2.35. The Morgan fingerprint density at radius 3 is 2.71 bits per heavy atom. The second kappa shape index (κ2) is 4.31. The molecule has 2 rings (SSSR count). The molecular weight excluding hydrogens is 218 g/mol. The average Bonchev–Trinajstić information content (AvgIpc) is 2.57.